The molecule has 1 amide bonds. The molecule has 0 aromatic carbocycles. The van der Waals surface area contributed by atoms with E-state index in [4.69, 9.17) is 9.15 Å². The highest BCUT2D eigenvalue weighted by Crippen LogP contribution is 2.12. The molecule has 0 saturated carbocycles. The fourth-order valence-corrected chi connectivity index (χ4v) is 2.27. The Kier molecular flexibility index (Phi) is 4.99. The Hall–Kier alpha value is -1.33. The van der Waals surface area contributed by atoms with Gasteiger partial charge in [-0.2, -0.15) is 0 Å². The molecular formula is C14H22N2O3. The zero-order valence-corrected chi connectivity index (χ0v) is 11.6. The van der Waals surface area contributed by atoms with Crippen LogP contribution in [0.3, 0.4) is 0 Å². The predicted octanol–water partition coefficient (Wildman–Crippen LogP) is 1.57. The monoisotopic (exact) mass is 266 g/mol. The molecule has 19 heavy (non-hydrogen) atoms. The van der Waals surface area contributed by atoms with Crippen LogP contribution in [0.5, 0.6) is 0 Å². The van der Waals surface area contributed by atoms with Crippen LogP contribution in [0.4, 0.5) is 0 Å². The minimum atomic E-state index is -0.0921. The SMILES string of the molecule is CC[C@H]1CN(CC(=O)N[C@@H](C)c2ccco2)CCO1. The van der Waals surface area contributed by atoms with E-state index in [1.165, 1.54) is 0 Å². The van der Waals surface area contributed by atoms with Crippen molar-refractivity contribution in [3.8, 4) is 0 Å². The van der Waals surface area contributed by atoms with E-state index in [9.17, 15) is 4.79 Å². The standard InChI is InChI=1S/C14H22N2O3/c1-3-12-9-16(6-8-18-12)10-14(17)15-11(2)13-5-4-7-19-13/h4-5,7,11-12H,3,6,8-10H2,1-2H3,(H,15,17)/t11-,12-/m0/s1. The molecular weight excluding hydrogens is 244 g/mol. The summed E-state index contributed by atoms with van der Waals surface area (Å²) in [5.74, 6) is 0.808. The third-order valence-electron chi connectivity index (χ3n) is 3.39. The number of carbonyl (C=O) groups is 1. The Labute approximate surface area is 113 Å². The van der Waals surface area contributed by atoms with Crippen molar-refractivity contribution in [1.29, 1.82) is 0 Å². The molecule has 5 nitrogen and oxygen atoms in total. The smallest absolute Gasteiger partial charge is 0.234 e. The van der Waals surface area contributed by atoms with Crippen molar-refractivity contribution in [3.05, 3.63) is 24.2 Å². The van der Waals surface area contributed by atoms with Crippen molar-refractivity contribution in [2.45, 2.75) is 32.4 Å². The van der Waals surface area contributed by atoms with Gasteiger partial charge >= 0.3 is 0 Å². The predicted molar refractivity (Wildman–Crippen MR) is 71.7 cm³/mol. The molecule has 2 atom stereocenters. The summed E-state index contributed by atoms with van der Waals surface area (Å²) in [5.41, 5.74) is 0. The molecule has 1 aliphatic rings. The minimum absolute atomic E-state index is 0.0284. The van der Waals surface area contributed by atoms with E-state index < -0.39 is 0 Å². The zero-order chi connectivity index (χ0) is 13.7. The van der Waals surface area contributed by atoms with E-state index in [2.05, 4.69) is 17.1 Å². The Balaban J connectivity index is 1.77. The van der Waals surface area contributed by atoms with Crippen LogP contribution < -0.4 is 5.32 Å². The molecule has 0 bridgehead atoms. The summed E-state index contributed by atoms with van der Waals surface area (Å²) >= 11 is 0. The highest BCUT2D eigenvalue weighted by atomic mass is 16.5. The molecule has 0 unspecified atom stereocenters. The summed E-state index contributed by atoms with van der Waals surface area (Å²) in [6, 6.07) is 3.60. The third-order valence-corrected chi connectivity index (χ3v) is 3.39. The first-order chi connectivity index (χ1) is 9.19. The second-order valence-corrected chi connectivity index (χ2v) is 4.94. The molecule has 0 aliphatic carbocycles. The van der Waals surface area contributed by atoms with E-state index in [0.717, 1.165) is 25.3 Å². The minimum Gasteiger partial charge on any atom is -0.467 e. The van der Waals surface area contributed by atoms with E-state index >= 15 is 0 Å². The maximum Gasteiger partial charge on any atom is 0.234 e. The van der Waals surface area contributed by atoms with Crippen LogP contribution in [0, 0.1) is 0 Å². The van der Waals surface area contributed by atoms with Gasteiger partial charge in [-0.1, -0.05) is 6.92 Å². The van der Waals surface area contributed by atoms with Crippen LogP contribution in [-0.2, 0) is 9.53 Å². The molecule has 1 saturated heterocycles. The molecule has 2 rings (SSSR count). The summed E-state index contributed by atoms with van der Waals surface area (Å²) in [6.07, 6.45) is 2.86. The molecule has 106 valence electrons. The Morgan fingerprint density at radius 2 is 2.47 bits per heavy atom. The molecule has 1 fully saturated rings. The van der Waals surface area contributed by atoms with Crippen LogP contribution in [0.25, 0.3) is 0 Å². The average molecular weight is 266 g/mol. The molecule has 2 heterocycles. The van der Waals surface area contributed by atoms with Gasteiger partial charge in [0.05, 0.1) is 31.6 Å². The van der Waals surface area contributed by atoms with Gasteiger partial charge < -0.3 is 14.5 Å². The molecule has 1 aromatic rings. The third kappa shape index (κ3) is 4.08. The van der Waals surface area contributed by atoms with Crippen molar-refractivity contribution in [1.82, 2.24) is 10.2 Å². The van der Waals surface area contributed by atoms with Gasteiger partial charge in [0, 0.05) is 13.1 Å². The van der Waals surface area contributed by atoms with Gasteiger partial charge in [0.1, 0.15) is 5.76 Å². The number of nitrogens with zero attached hydrogens (tertiary/aromatic N) is 1. The number of rotatable bonds is 5. The van der Waals surface area contributed by atoms with E-state index in [1.807, 2.05) is 19.1 Å². The van der Waals surface area contributed by atoms with Gasteiger partial charge in [0.25, 0.3) is 0 Å². The van der Waals surface area contributed by atoms with Crippen molar-refractivity contribution in [2.75, 3.05) is 26.2 Å². The zero-order valence-electron chi connectivity index (χ0n) is 11.6. The Bertz CT molecular complexity index is 391. The van der Waals surface area contributed by atoms with Gasteiger partial charge in [-0.3, -0.25) is 9.69 Å². The summed E-state index contributed by atoms with van der Waals surface area (Å²) in [6.45, 7) is 6.81. The van der Waals surface area contributed by atoms with Crippen molar-refractivity contribution >= 4 is 5.91 Å². The lowest BCUT2D eigenvalue weighted by atomic mass is 10.2. The Morgan fingerprint density at radius 3 is 3.16 bits per heavy atom. The number of morpholine rings is 1. The number of carbonyl (C=O) groups excluding carboxylic acids is 1. The van der Waals surface area contributed by atoms with Crippen LogP contribution in [0.15, 0.2) is 22.8 Å². The lowest BCUT2D eigenvalue weighted by Crippen LogP contribution is -2.47. The molecule has 0 radical (unpaired) electrons. The maximum absolute atomic E-state index is 12.0. The summed E-state index contributed by atoms with van der Waals surface area (Å²) in [4.78, 5) is 14.1. The van der Waals surface area contributed by atoms with Gasteiger partial charge in [-0.05, 0) is 25.5 Å². The number of hydrogen-bond donors (Lipinski definition) is 1. The number of ether oxygens (including phenoxy) is 1. The van der Waals surface area contributed by atoms with Crippen LogP contribution in [0.1, 0.15) is 32.1 Å². The molecule has 1 aliphatic heterocycles. The van der Waals surface area contributed by atoms with Gasteiger partial charge in [0.2, 0.25) is 5.91 Å². The molecule has 0 spiro atoms. The second kappa shape index (κ2) is 6.73. The summed E-state index contributed by atoms with van der Waals surface area (Å²) < 4.78 is 10.9. The summed E-state index contributed by atoms with van der Waals surface area (Å²) in [7, 11) is 0. The van der Waals surface area contributed by atoms with Crippen LogP contribution >= 0.6 is 0 Å². The van der Waals surface area contributed by atoms with Crippen LogP contribution in [-0.4, -0.2) is 43.2 Å². The van der Waals surface area contributed by atoms with Gasteiger partial charge in [-0.25, -0.2) is 0 Å². The highest BCUT2D eigenvalue weighted by molar-refractivity contribution is 5.78. The quantitative estimate of drug-likeness (QED) is 0.879. The van der Waals surface area contributed by atoms with Crippen molar-refractivity contribution in [3.63, 3.8) is 0 Å². The topological polar surface area (TPSA) is 54.7 Å². The fourth-order valence-electron chi connectivity index (χ4n) is 2.27. The summed E-state index contributed by atoms with van der Waals surface area (Å²) in [5, 5.41) is 2.95. The lowest BCUT2D eigenvalue weighted by Gasteiger charge is -2.32. The Morgan fingerprint density at radius 1 is 1.63 bits per heavy atom. The van der Waals surface area contributed by atoms with Crippen molar-refractivity contribution in [2.24, 2.45) is 0 Å². The number of hydrogen-bond acceptors (Lipinski definition) is 4. The fraction of sp³-hybridized carbons (Fsp3) is 0.643. The first kappa shape index (κ1) is 14.1. The van der Waals surface area contributed by atoms with Gasteiger partial charge in [0.15, 0.2) is 0 Å². The second-order valence-electron chi connectivity index (χ2n) is 4.94. The van der Waals surface area contributed by atoms with E-state index in [1.54, 1.807) is 6.26 Å². The first-order valence-corrected chi connectivity index (χ1v) is 6.85. The first-order valence-electron chi connectivity index (χ1n) is 6.85. The number of nitrogens with one attached hydrogen (secondary N) is 1. The lowest BCUT2D eigenvalue weighted by molar-refractivity contribution is -0.125. The molecule has 1 aromatic heterocycles. The number of amides is 1. The average Bonchev–Trinajstić information content (AvgIpc) is 2.92. The molecule has 1 N–H and O–H groups in total. The van der Waals surface area contributed by atoms with Gasteiger partial charge in [-0.15, -0.1) is 0 Å². The van der Waals surface area contributed by atoms with Crippen molar-refractivity contribution < 1.29 is 13.9 Å². The molecule has 5 heteroatoms. The maximum atomic E-state index is 12.0. The largest absolute Gasteiger partial charge is 0.467 e. The van der Waals surface area contributed by atoms with E-state index in [-0.39, 0.29) is 18.1 Å². The normalized spacial score (nSPS) is 22.1. The van der Waals surface area contributed by atoms with Crippen LogP contribution in [0.2, 0.25) is 0 Å². The highest BCUT2D eigenvalue weighted by Gasteiger charge is 2.21. The number of furan rings is 1. The van der Waals surface area contributed by atoms with E-state index in [0.29, 0.717) is 13.2 Å².